The molecule has 0 unspecified atom stereocenters. The number of nitrogens with zero attached hydrogens (tertiary/aromatic N) is 4. The molecule has 2 aromatic rings. The van der Waals surface area contributed by atoms with Crippen LogP contribution in [-0.2, 0) is 6.42 Å². The van der Waals surface area contributed by atoms with Crippen LogP contribution in [0, 0.1) is 0 Å². The molecule has 4 nitrogen and oxygen atoms in total. The molecular weight excluding hydrogens is 200 g/mol. The zero-order valence-electron chi connectivity index (χ0n) is 7.47. The van der Waals surface area contributed by atoms with Gasteiger partial charge in [0.2, 0.25) is 0 Å². The van der Waals surface area contributed by atoms with Gasteiger partial charge in [0.05, 0.1) is 12.4 Å². The Morgan fingerprint density at radius 3 is 2.93 bits per heavy atom. The maximum atomic E-state index is 5.63. The summed E-state index contributed by atoms with van der Waals surface area (Å²) in [6, 6.07) is 0. The first-order valence-corrected chi connectivity index (χ1v) is 4.79. The molecule has 0 saturated heterocycles. The lowest BCUT2D eigenvalue weighted by Gasteiger charge is -1.96. The molecule has 2 aromatic heterocycles. The number of aryl methyl sites for hydroxylation is 1. The lowest BCUT2D eigenvalue weighted by atomic mass is 10.3. The number of aromatic nitrogens is 4. The second-order valence-corrected chi connectivity index (χ2v) is 3.17. The molecular formula is C9H9ClN4. The fraction of sp³-hybridized carbons (Fsp3) is 0.222. The number of rotatable bonds is 3. The number of hydrogen-bond acceptors (Lipinski definition) is 3. The second kappa shape index (κ2) is 4.19. The maximum absolute atomic E-state index is 5.63. The van der Waals surface area contributed by atoms with Crippen LogP contribution in [0.2, 0.25) is 0 Å². The summed E-state index contributed by atoms with van der Waals surface area (Å²) >= 11 is 5.63. The molecule has 0 spiro atoms. The van der Waals surface area contributed by atoms with Gasteiger partial charge < -0.3 is 0 Å². The Labute approximate surface area is 86.6 Å². The van der Waals surface area contributed by atoms with Gasteiger partial charge in [-0.3, -0.25) is 4.98 Å². The molecule has 0 aliphatic rings. The molecule has 0 saturated carbocycles. The van der Waals surface area contributed by atoms with Crippen LogP contribution in [0.3, 0.4) is 0 Å². The second-order valence-electron chi connectivity index (χ2n) is 2.80. The highest BCUT2D eigenvalue weighted by molar-refractivity contribution is 6.17. The average Bonchev–Trinajstić information content (AvgIpc) is 2.68. The highest BCUT2D eigenvalue weighted by atomic mass is 35.5. The van der Waals surface area contributed by atoms with Gasteiger partial charge in [-0.1, -0.05) is 0 Å². The molecule has 0 aromatic carbocycles. The van der Waals surface area contributed by atoms with Crippen LogP contribution in [0.15, 0.2) is 31.0 Å². The molecule has 0 atom stereocenters. The Bertz CT molecular complexity index is 398. The van der Waals surface area contributed by atoms with E-state index in [0.717, 1.165) is 12.0 Å². The normalized spacial score (nSPS) is 10.4. The van der Waals surface area contributed by atoms with Gasteiger partial charge in [0.25, 0.3) is 0 Å². The van der Waals surface area contributed by atoms with E-state index in [2.05, 4.69) is 15.1 Å². The van der Waals surface area contributed by atoms with E-state index in [0.29, 0.717) is 11.7 Å². The summed E-state index contributed by atoms with van der Waals surface area (Å²) in [7, 11) is 0. The van der Waals surface area contributed by atoms with Crippen LogP contribution >= 0.6 is 11.6 Å². The van der Waals surface area contributed by atoms with E-state index >= 15 is 0 Å². The molecule has 72 valence electrons. The summed E-state index contributed by atoms with van der Waals surface area (Å²) in [5, 5.41) is 4.16. The van der Waals surface area contributed by atoms with E-state index in [-0.39, 0.29) is 0 Å². The monoisotopic (exact) mass is 208 g/mol. The zero-order chi connectivity index (χ0) is 9.80. The Kier molecular flexibility index (Phi) is 2.74. The van der Waals surface area contributed by atoms with Crippen LogP contribution < -0.4 is 0 Å². The average molecular weight is 209 g/mol. The summed E-state index contributed by atoms with van der Waals surface area (Å²) in [5.74, 6) is 1.32. The van der Waals surface area contributed by atoms with Crippen molar-refractivity contribution in [1.82, 2.24) is 19.7 Å². The van der Waals surface area contributed by atoms with Crippen molar-refractivity contribution in [3.05, 3.63) is 36.5 Å². The van der Waals surface area contributed by atoms with Crippen LogP contribution in [0.25, 0.3) is 5.82 Å². The van der Waals surface area contributed by atoms with Crippen molar-refractivity contribution in [2.45, 2.75) is 6.42 Å². The predicted octanol–water partition coefficient (Wildman–Crippen LogP) is 1.44. The third-order valence-electron chi connectivity index (χ3n) is 1.80. The summed E-state index contributed by atoms with van der Waals surface area (Å²) in [4.78, 5) is 8.09. The zero-order valence-corrected chi connectivity index (χ0v) is 8.22. The van der Waals surface area contributed by atoms with Crippen LogP contribution in [0.5, 0.6) is 0 Å². The first-order valence-electron chi connectivity index (χ1n) is 4.26. The SMILES string of the molecule is ClCCc1cnn(-c2cnccn2)c1. The molecule has 0 amide bonds. The summed E-state index contributed by atoms with van der Waals surface area (Å²) in [5.41, 5.74) is 1.10. The standard InChI is InChI=1S/C9H9ClN4/c10-2-1-8-5-13-14(7-8)9-6-11-3-4-12-9/h3-7H,1-2H2. The quantitative estimate of drug-likeness (QED) is 0.717. The minimum Gasteiger partial charge on any atom is -0.259 e. The van der Waals surface area contributed by atoms with Gasteiger partial charge in [-0.15, -0.1) is 11.6 Å². The summed E-state index contributed by atoms with van der Waals surface area (Å²) < 4.78 is 1.69. The largest absolute Gasteiger partial charge is 0.259 e. The Morgan fingerprint density at radius 2 is 2.21 bits per heavy atom. The van der Waals surface area contributed by atoms with Gasteiger partial charge in [0.15, 0.2) is 5.82 Å². The summed E-state index contributed by atoms with van der Waals surface area (Å²) in [6.07, 6.45) is 9.45. The lowest BCUT2D eigenvalue weighted by molar-refractivity contribution is 0.837. The van der Waals surface area contributed by atoms with E-state index in [1.807, 2.05) is 6.20 Å². The number of halogens is 1. The molecule has 0 N–H and O–H groups in total. The van der Waals surface area contributed by atoms with E-state index in [1.54, 1.807) is 29.5 Å². The van der Waals surface area contributed by atoms with Crippen molar-refractivity contribution in [1.29, 1.82) is 0 Å². The minimum atomic E-state index is 0.603. The van der Waals surface area contributed by atoms with Crippen molar-refractivity contribution < 1.29 is 0 Å². The fourth-order valence-electron chi connectivity index (χ4n) is 1.13. The molecule has 0 aliphatic carbocycles. The van der Waals surface area contributed by atoms with Gasteiger partial charge in [0.1, 0.15) is 0 Å². The molecule has 0 aliphatic heterocycles. The maximum Gasteiger partial charge on any atom is 0.171 e. The topological polar surface area (TPSA) is 43.6 Å². The Balaban J connectivity index is 2.25. The van der Waals surface area contributed by atoms with Crippen molar-refractivity contribution in [3.8, 4) is 5.82 Å². The van der Waals surface area contributed by atoms with Crippen LogP contribution in [0.1, 0.15) is 5.56 Å². The molecule has 14 heavy (non-hydrogen) atoms. The third kappa shape index (κ3) is 1.90. The van der Waals surface area contributed by atoms with Crippen molar-refractivity contribution in [2.75, 3.05) is 5.88 Å². The fourth-order valence-corrected chi connectivity index (χ4v) is 1.35. The molecule has 2 rings (SSSR count). The van der Waals surface area contributed by atoms with E-state index < -0.39 is 0 Å². The van der Waals surface area contributed by atoms with Gasteiger partial charge in [-0.25, -0.2) is 9.67 Å². The van der Waals surface area contributed by atoms with Crippen molar-refractivity contribution in [2.24, 2.45) is 0 Å². The van der Waals surface area contributed by atoms with Gasteiger partial charge in [-0.2, -0.15) is 5.10 Å². The highest BCUT2D eigenvalue weighted by Gasteiger charge is 2.00. The Hall–Kier alpha value is -1.42. The molecule has 5 heteroatoms. The molecule has 0 fully saturated rings. The smallest absolute Gasteiger partial charge is 0.171 e. The van der Waals surface area contributed by atoms with Crippen LogP contribution in [0.4, 0.5) is 0 Å². The van der Waals surface area contributed by atoms with E-state index in [9.17, 15) is 0 Å². The van der Waals surface area contributed by atoms with Crippen molar-refractivity contribution >= 4 is 11.6 Å². The molecule has 0 radical (unpaired) electrons. The first-order chi connectivity index (χ1) is 6.90. The highest BCUT2D eigenvalue weighted by Crippen LogP contribution is 2.04. The van der Waals surface area contributed by atoms with E-state index in [1.165, 1.54) is 0 Å². The summed E-state index contributed by atoms with van der Waals surface area (Å²) in [6.45, 7) is 0. The minimum absolute atomic E-state index is 0.603. The number of alkyl halides is 1. The Morgan fingerprint density at radius 1 is 1.29 bits per heavy atom. The first kappa shape index (κ1) is 9.15. The third-order valence-corrected chi connectivity index (χ3v) is 1.99. The number of hydrogen-bond donors (Lipinski definition) is 0. The van der Waals surface area contributed by atoms with Crippen LogP contribution in [-0.4, -0.2) is 25.6 Å². The van der Waals surface area contributed by atoms with Crippen molar-refractivity contribution in [3.63, 3.8) is 0 Å². The van der Waals surface area contributed by atoms with Gasteiger partial charge in [0, 0.05) is 24.5 Å². The van der Waals surface area contributed by atoms with Gasteiger partial charge in [-0.05, 0) is 12.0 Å². The predicted molar refractivity (Wildman–Crippen MR) is 53.6 cm³/mol. The van der Waals surface area contributed by atoms with E-state index in [4.69, 9.17) is 11.6 Å². The lowest BCUT2D eigenvalue weighted by Crippen LogP contribution is -1.97. The molecule has 0 bridgehead atoms. The van der Waals surface area contributed by atoms with Gasteiger partial charge >= 0.3 is 0 Å². The molecule has 2 heterocycles.